The summed E-state index contributed by atoms with van der Waals surface area (Å²) in [7, 11) is 2.34. The number of aliphatic imine (C=N–C) groups is 1. The SMILES string of the molecule is COC(=O)C1=C(C)NC(C)=C(C(=O)OC)C1c1cc(NC(=NC#N)NC(C)C(C)(C)C)ccc1OC(F)F. The van der Waals surface area contributed by atoms with Crippen LogP contribution in [0.4, 0.5) is 14.5 Å². The molecule has 1 aliphatic rings. The maximum absolute atomic E-state index is 13.4. The smallest absolute Gasteiger partial charge is 0.387 e. The molecule has 1 heterocycles. The Morgan fingerprint density at radius 3 is 2.11 bits per heavy atom. The van der Waals surface area contributed by atoms with E-state index in [2.05, 4.69) is 20.9 Å². The summed E-state index contributed by atoms with van der Waals surface area (Å²) in [6, 6.07) is 4.05. The minimum Gasteiger partial charge on any atom is -0.466 e. The van der Waals surface area contributed by atoms with Gasteiger partial charge in [0.05, 0.1) is 31.3 Å². The molecular formula is C26H33F2N5O5. The molecule has 206 valence electrons. The first-order chi connectivity index (χ1) is 17.7. The Hall–Kier alpha value is -4.14. The van der Waals surface area contributed by atoms with Gasteiger partial charge in [-0.05, 0) is 44.4 Å². The second-order valence-corrected chi connectivity index (χ2v) is 9.67. The molecule has 12 heteroatoms. The van der Waals surface area contributed by atoms with Gasteiger partial charge in [0, 0.05) is 28.7 Å². The molecule has 0 amide bonds. The highest BCUT2D eigenvalue weighted by Gasteiger charge is 2.39. The second kappa shape index (κ2) is 12.4. The molecule has 0 aromatic heterocycles. The Labute approximate surface area is 220 Å². The number of dihydropyridines is 1. The summed E-state index contributed by atoms with van der Waals surface area (Å²) in [4.78, 5) is 29.5. The van der Waals surface area contributed by atoms with Gasteiger partial charge in [-0.25, -0.2) is 9.59 Å². The van der Waals surface area contributed by atoms with Gasteiger partial charge in [-0.2, -0.15) is 14.0 Å². The fourth-order valence-electron chi connectivity index (χ4n) is 3.83. The predicted octanol–water partition coefficient (Wildman–Crippen LogP) is 4.14. The molecule has 1 aromatic carbocycles. The van der Waals surface area contributed by atoms with Crippen LogP contribution in [-0.4, -0.2) is 44.8 Å². The van der Waals surface area contributed by atoms with Gasteiger partial charge in [0.2, 0.25) is 12.2 Å². The maximum atomic E-state index is 13.4. The zero-order valence-electron chi connectivity index (χ0n) is 22.7. The first-order valence-electron chi connectivity index (χ1n) is 11.7. The zero-order valence-corrected chi connectivity index (χ0v) is 22.7. The van der Waals surface area contributed by atoms with Crippen molar-refractivity contribution in [2.75, 3.05) is 19.5 Å². The van der Waals surface area contributed by atoms with E-state index >= 15 is 0 Å². The molecule has 1 aromatic rings. The Kier molecular flexibility index (Phi) is 9.82. The number of methoxy groups -OCH3 is 2. The highest BCUT2D eigenvalue weighted by Crippen LogP contribution is 2.44. The Balaban J connectivity index is 2.75. The van der Waals surface area contributed by atoms with Crippen molar-refractivity contribution in [1.29, 1.82) is 5.26 Å². The lowest BCUT2D eigenvalue weighted by atomic mass is 9.79. The molecule has 10 nitrogen and oxygen atoms in total. The fourth-order valence-corrected chi connectivity index (χ4v) is 3.83. The number of ether oxygens (including phenoxy) is 3. The number of allylic oxidation sites excluding steroid dienone is 2. The summed E-state index contributed by atoms with van der Waals surface area (Å²) in [5.41, 5.74) is 0.965. The van der Waals surface area contributed by atoms with Crippen LogP contribution in [0.1, 0.15) is 53.0 Å². The van der Waals surface area contributed by atoms with E-state index in [0.717, 1.165) is 0 Å². The zero-order chi connectivity index (χ0) is 28.8. The summed E-state index contributed by atoms with van der Waals surface area (Å²) in [6.45, 7) is 7.95. The van der Waals surface area contributed by atoms with Crippen molar-refractivity contribution in [3.05, 3.63) is 46.3 Å². The summed E-state index contributed by atoms with van der Waals surface area (Å²) >= 11 is 0. The number of hydrogen-bond donors (Lipinski definition) is 3. The third-order valence-electron chi connectivity index (χ3n) is 6.18. The molecule has 1 aliphatic heterocycles. The normalized spacial score (nSPS) is 15.5. The van der Waals surface area contributed by atoms with Crippen molar-refractivity contribution >= 4 is 23.6 Å². The topological polar surface area (TPSA) is 134 Å². The van der Waals surface area contributed by atoms with Crippen LogP contribution in [0.15, 0.2) is 45.7 Å². The van der Waals surface area contributed by atoms with Crippen LogP contribution in [0.5, 0.6) is 5.75 Å². The average Bonchev–Trinajstić information content (AvgIpc) is 2.82. The van der Waals surface area contributed by atoms with Crippen LogP contribution in [0.3, 0.4) is 0 Å². The Morgan fingerprint density at radius 1 is 1.11 bits per heavy atom. The number of nitrogens with zero attached hydrogens (tertiary/aromatic N) is 2. The van der Waals surface area contributed by atoms with E-state index in [0.29, 0.717) is 17.1 Å². The molecule has 1 unspecified atom stereocenters. The first-order valence-corrected chi connectivity index (χ1v) is 11.7. The Morgan fingerprint density at radius 2 is 1.66 bits per heavy atom. The van der Waals surface area contributed by atoms with E-state index in [-0.39, 0.29) is 39.9 Å². The number of carbonyl (C=O) groups excluding carboxylic acids is 2. The maximum Gasteiger partial charge on any atom is 0.387 e. The van der Waals surface area contributed by atoms with E-state index in [4.69, 9.17) is 14.2 Å². The molecule has 0 saturated heterocycles. The van der Waals surface area contributed by atoms with Crippen molar-refractivity contribution in [1.82, 2.24) is 10.6 Å². The number of alkyl halides is 2. The second-order valence-electron chi connectivity index (χ2n) is 9.67. The third kappa shape index (κ3) is 7.00. The van der Waals surface area contributed by atoms with Gasteiger partial charge in [0.15, 0.2) is 0 Å². The minimum absolute atomic E-state index is 0.0140. The summed E-state index contributed by atoms with van der Waals surface area (Å²) in [5, 5.41) is 18.3. The van der Waals surface area contributed by atoms with Crippen LogP contribution < -0.4 is 20.7 Å². The third-order valence-corrected chi connectivity index (χ3v) is 6.18. The van der Waals surface area contributed by atoms with Gasteiger partial charge in [0.1, 0.15) is 5.75 Å². The molecule has 0 spiro atoms. The molecule has 0 aliphatic carbocycles. The van der Waals surface area contributed by atoms with E-state index in [9.17, 15) is 23.6 Å². The summed E-state index contributed by atoms with van der Waals surface area (Å²) in [6.07, 6.45) is 1.72. The lowest BCUT2D eigenvalue weighted by Crippen LogP contribution is -2.44. The van der Waals surface area contributed by atoms with Crippen molar-refractivity contribution in [2.45, 2.75) is 60.1 Å². The van der Waals surface area contributed by atoms with Crippen LogP contribution in [-0.2, 0) is 19.1 Å². The van der Waals surface area contributed by atoms with Crippen LogP contribution in [0.2, 0.25) is 0 Å². The lowest BCUT2D eigenvalue weighted by Gasteiger charge is -2.31. The number of rotatable bonds is 7. The number of halogens is 2. The van der Waals surface area contributed by atoms with Crippen LogP contribution in [0, 0.1) is 16.9 Å². The minimum atomic E-state index is -3.18. The first kappa shape index (κ1) is 30.1. The fraction of sp³-hybridized carbons (Fsp3) is 0.462. The quantitative estimate of drug-likeness (QED) is 0.205. The van der Waals surface area contributed by atoms with Crippen LogP contribution in [0.25, 0.3) is 0 Å². The highest BCUT2D eigenvalue weighted by atomic mass is 19.3. The van der Waals surface area contributed by atoms with Gasteiger partial charge < -0.3 is 30.2 Å². The van der Waals surface area contributed by atoms with E-state index in [1.165, 1.54) is 32.4 Å². The van der Waals surface area contributed by atoms with Crippen molar-refractivity contribution in [3.63, 3.8) is 0 Å². The van der Waals surface area contributed by atoms with Gasteiger partial charge in [-0.15, -0.1) is 4.99 Å². The molecule has 0 radical (unpaired) electrons. The Bertz CT molecular complexity index is 1170. The number of benzene rings is 1. The lowest BCUT2D eigenvalue weighted by molar-refractivity contribution is -0.137. The largest absolute Gasteiger partial charge is 0.466 e. The molecule has 2 rings (SSSR count). The van der Waals surface area contributed by atoms with Gasteiger partial charge in [-0.1, -0.05) is 20.8 Å². The number of anilines is 1. The summed E-state index contributed by atoms with van der Waals surface area (Å²) < 4.78 is 41.5. The molecule has 38 heavy (non-hydrogen) atoms. The van der Waals surface area contributed by atoms with Gasteiger partial charge in [-0.3, -0.25) is 0 Å². The van der Waals surface area contributed by atoms with Crippen LogP contribution >= 0.6 is 0 Å². The number of esters is 2. The molecule has 0 bridgehead atoms. The monoisotopic (exact) mass is 533 g/mol. The van der Waals surface area contributed by atoms with E-state index < -0.39 is 24.5 Å². The van der Waals surface area contributed by atoms with Gasteiger partial charge in [0.25, 0.3) is 0 Å². The number of hydrogen-bond acceptors (Lipinski definition) is 8. The number of carbonyl (C=O) groups is 2. The average molecular weight is 534 g/mol. The molecular weight excluding hydrogens is 500 g/mol. The molecule has 1 atom stereocenters. The van der Waals surface area contributed by atoms with Crippen molar-refractivity contribution < 1.29 is 32.6 Å². The highest BCUT2D eigenvalue weighted by molar-refractivity contribution is 6.00. The number of nitrogens with one attached hydrogen (secondary N) is 3. The number of guanidine groups is 1. The predicted molar refractivity (Wildman–Crippen MR) is 137 cm³/mol. The molecule has 0 fully saturated rings. The van der Waals surface area contributed by atoms with Gasteiger partial charge >= 0.3 is 18.6 Å². The summed E-state index contributed by atoms with van der Waals surface area (Å²) in [5.74, 6) is -2.88. The van der Waals surface area contributed by atoms with E-state index in [1.54, 1.807) is 20.0 Å². The van der Waals surface area contributed by atoms with Crippen molar-refractivity contribution in [2.24, 2.45) is 10.4 Å². The standard InChI is InChI=1S/C26H33F2N5O5/c1-13-19(22(34)36-7)21(20(14(2)31-13)23(35)37-8)17-11-16(9-10-18(17)38-24(27)28)33-25(30-12-29)32-15(3)26(4,5)6/h9-11,15,21,24,31H,1-8H3,(H2,30,32,33). The number of nitriles is 1. The van der Waals surface area contributed by atoms with Crippen molar-refractivity contribution in [3.8, 4) is 11.9 Å². The molecule has 3 N–H and O–H groups in total. The molecule has 0 saturated carbocycles. The van der Waals surface area contributed by atoms with E-state index in [1.807, 2.05) is 27.7 Å².